The molecular formula is C25H22N2OS. The van der Waals surface area contributed by atoms with Crippen LogP contribution in [0.4, 0.5) is 5.69 Å². The van der Waals surface area contributed by atoms with Crippen molar-refractivity contribution in [2.24, 2.45) is 4.99 Å². The minimum absolute atomic E-state index is 0.0244. The highest BCUT2D eigenvalue weighted by molar-refractivity contribution is 8.18. The number of carbonyl (C=O) groups is 1. The molecule has 1 aliphatic rings. The molecule has 1 heterocycles. The minimum Gasteiger partial charge on any atom is -0.290 e. The predicted molar refractivity (Wildman–Crippen MR) is 123 cm³/mol. The summed E-state index contributed by atoms with van der Waals surface area (Å²) >= 11 is 1.41. The lowest BCUT2D eigenvalue weighted by atomic mass is 10.0. The molecule has 0 radical (unpaired) electrons. The van der Waals surface area contributed by atoms with E-state index in [4.69, 9.17) is 0 Å². The molecule has 3 aromatic rings. The van der Waals surface area contributed by atoms with E-state index in [0.29, 0.717) is 10.1 Å². The number of benzene rings is 3. The quantitative estimate of drug-likeness (QED) is 0.492. The molecule has 29 heavy (non-hydrogen) atoms. The molecule has 0 atom stereocenters. The summed E-state index contributed by atoms with van der Waals surface area (Å²) < 4.78 is 0. The van der Waals surface area contributed by atoms with Crippen LogP contribution in [0.5, 0.6) is 0 Å². The van der Waals surface area contributed by atoms with Gasteiger partial charge in [-0.3, -0.25) is 9.69 Å². The Labute approximate surface area is 175 Å². The molecule has 3 nitrogen and oxygen atoms in total. The maximum absolute atomic E-state index is 12.6. The van der Waals surface area contributed by atoms with Crippen LogP contribution in [0.15, 0.2) is 82.7 Å². The van der Waals surface area contributed by atoms with E-state index in [2.05, 4.69) is 48.3 Å². The molecule has 0 spiro atoms. The van der Waals surface area contributed by atoms with Crippen LogP contribution in [-0.4, -0.2) is 23.0 Å². The topological polar surface area (TPSA) is 32.7 Å². The fraction of sp³-hybridized carbons (Fsp3) is 0.120. The summed E-state index contributed by atoms with van der Waals surface area (Å²) in [5.41, 5.74) is 6.64. The van der Waals surface area contributed by atoms with Gasteiger partial charge in [0.05, 0.1) is 10.6 Å². The van der Waals surface area contributed by atoms with Gasteiger partial charge < -0.3 is 0 Å². The molecule has 144 valence electrons. The predicted octanol–water partition coefficient (Wildman–Crippen LogP) is 6.20. The van der Waals surface area contributed by atoms with Crippen LogP contribution in [0.3, 0.4) is 0 Å². The number of rotatable bonds is 3. The zero-order chi connectivity index (χ0) is 20.4. The molecule has 0 saturated carbocycles. The van der Waals surface area contributed by atoms with Gasteiger partial charge in [-0.05, 0) is 60.5 Å². The maximum Gasteiger partial charge on any atom is 0.266 e. The van der Waals surface area contributed by atoms with Crippen LogP contribution >= 0.6 is 11.8 Å². The number of carbonyl (C=O) groups excluding carboxylic acids is 1. The van der Waals surface area contributed by atoms with E-state index in [0.717, 1.165) is 11.3 Å². The van der Waals surface area contributed by atoms with Gasteiger partial charge in [0.2, 0.25) is 0 Å². The van der Waals surface area contributed by atoms with Crippen molar-refractivity contribution in [1.29, 1.82) is 0 Å². The second-order valence-electron chi connectivity index (χ2n) is 7.20. The standard InChI is InChI=1S/C25H22N2OS/c1-17-7-13-22(14-8-17)26-25-27(3)24(28)23(29-25)16-19-9-11-20(12-10-19)21-6-4-5-18(2)15-21/h4-16H,1-3H3/b23-16-,26-25?. The third-order valence-corrected chi connectivity index (χ3v) is 5.88. The average Bonchev–Trinajstić information content (AvgIpc) is 2.98. The number of amides is 1. The highest BCUT2D eigenvalue weighted by atomic mass is 32.2. The monoisotopic (exact) mass is 398 g/mol. The van der Waals surface area contributed by atoms with Crippen molar-refractivity contribution < 1.29 is 4.79 Å². The van der Waals surface area contributed by atoms with E-state index in [9.17, 15) is 4.79 Å². The Morgan fingerprint density at radius 1 is 0.862 bits per heavy atom. The normalized spacial score (nSPS) is 16.8. The smallest absolute Gasteiger partial charge is 0.266 e. The Kier molecular flexibility index (Phi) is 5.36. The molecular weight excluding hydrogens is 376 g/mol. The van der Waals surface area contributed by atoms with Gasteiger partial charge in [-0.15, -0.1) is 0 Å². The lowest BCUT2D eigenvalue weighted by Gasteiger charge is -2.07. The van der Waals surface area contributed by atoms with Crippen LogP contribution < -0.4 is 0 Å². The summed E-state index contributed by atoms with van der Waals surface area (Å²) in [4.78, 5) is 19.6. The van der Waals surface area contributed by atoms with E-state index in [1.807, 2.05) is 49.4 Å². The van der Waals surface area contributed by atoms with Crippen LogP contribution in [0.2, 0.25) is 0 Å². The number of nitrogens with zero attached hydrogens (tertiary/aromatic N) is 2. The first-order valence-corrected chi connectivity index (χ1v) is 10.3. The number of hydrogen-bond donors (Lipinski definition) is 0. The van der Waals surface area contributed by atoms with E-state index in [1.165, 1.54) is 34.0 Å². The van der Waals surface area contributed by atoms with E-state index < -0.39 is 0 Å². The average molecular weight is 399 g/mol. The van der Waals surface area contributed by atoms with E-state index in [-0.39, 0.29) is 5.91 Å². The number of amidine groups is 1. The van der Waals surface area contributed by atoms with Crippen molar-refractivity contribution in [3.8, 4) is 11.1 Å². The molecule has 4 rings (SSSR count). The van der Waals surface area contributed by atoms with Gasteiger partial charge >= 0.3 is 0 Å². The third-order valence-electron chi connectivity index (χ3n) is 4.82. The SMILES string of the molecule is Cc1ccc(N=C2S/C(=C\c3ccc(-c4cccc(C)c4)cc3)C(=O)N2C)cc1. The number of aryl methyl sites for hydroxylation is 2. The molecule has 0 aromatic heterocycles. The molecule has 0 unspecified atom stereocenters. The first-order valence-electron chi connectivity index (χ1n) is 9.50. The summed E-state index contributed by atoms with van der Waals surface area (Å²) in [6.45, 7) is 4.14. The molecule has 3 aromatic carbocycles. The largest absolute Gasteiger partial charge is 0.290 e. The number of thioether (sulfide) groups is 1. The van der Waals surface area contributed by atoms with Crippen LogP contribution in [0, 0.1) is 13.8 Å². The second-order valence-corrected chi connectivity index (χ2v) is 8.21. The van der Waals surface area contributed by atoms with Gasteiger partial charge in [0.1, 0.15) is 0 Å². The van der Waals surface area contributed by atoms with Crippen LogP contribution in [0.25, 0.3) is 17.2 Å². The van der Waals surface area contributed by atoms with Gasteiger partial charge in [-0.2, -0.15) is 0 Å². The summed E-state index contributed by atoms with van der Waals surface area (Å²) in [6.07, 6.45) is 1.93. The molecule has 1 saturated heterocycles. The Hall–Kier alpha value is -3.11. The number of hydrogen-bond acceptors (Lipinski definition) is 3. The van der Waals surface area contributed by atoms with Crippen molar-refractivity contribution in [3.05, 3.63) is 94.4 Å². The Morgan fingerprint density at radius 2 is 1.59 bits per heavy atom. The zero-order valence-electron chi connectivity index (χ0n) is 16.7. The van der Waals surface area contributed by atoms with Gasteiger partial charge in [0, 0.05) is 7.05 Å². The maximum atomic E-state index is 12.6. The van der Waals surface area contributed by atoms with Gasteiger partial charge in [0.25, 0.3) is 5.91 Å². The van der Waals surface area contributed by atoms with Crippen LogP contribution in [-0.2, 0) is 4.79 Å². The highest BCUT2D eigenvalue weighted by Gasteiger charge is 2.30. The van der Waals surface area contributed by atoms with Crippen molar-refractivity contribution in [1.82, 2.24) is 4.90 Å². The third kappa shape index (κ3) is 4.33. The van der Waals surface area contributed by atoms with Gasteiger partial charge in [0.15, 0.2) is 5.17 Å². The highest BCUT2D eigenvalue weighted by Crippen LogP contribution is 2.33. The first-order chi connectivity index (χ1) is 14.0. The van der Waals surface area contributed by atoms with Gasteiger partial charge in [-0.1, -0.05) is 71.8 Å². The number of likely N-dealkylation sites (N-methyl/N-ethyl adjacent to an activating group) is 1. The fourth-order valence-corrected chi connectivity index (χ4v) is 4.12. The lowest BCUT2D eigenvalue weighted by Crippen LogP contribution is -2.23. The fourth-order valence-electron chi connectivity index (χ4n) is 3.13. The molecule has 0 N–H and O–H groups in total. The minimum atomic E-state index is -0.0244. The Morgan fingerprint density at radius 3 is 2.28 bits per heavy atom. The van der Waals surface area contributed by atoms with Gasteiger partial charge in [-0.25, -0.2) is 4.99 Å². The molecule has 0 bridgehead atoms. The van der Waals surface area contributed by atoms with E-state index >= 15 is 0 Å². The zero-order valence-corrected chi connectivity index (χ0v) is 17.5. The molecule has 4 heteroatoms. The molecule has 1 amide bonds. The summed E-state index contributed by atoms with van der Waals surface area (Å²) in [7, 11) is 1.77. The molecule has 1 fully saturated rings. The number of aliphatic imine (C=N–C) groups is 1. The molecule has 1 aliphatic heterocycles. The Bertz CT molecular complexity index is 1110. The summed E-state index contributed by atoms with van der Waals surface area (Å²) in [5.74, 6) is -0.0244. The molecule has 0 aliphatic carbocycles. The van der Waals surface area contributed by atoms with Crippen molar-refractivity contribution >= 4 is 34.6 Å². The van der Waals surface area contributed by atoms with E-state index in [1.54, 1.807) is 11.9 Å². The summed E-state index contributed by atoms with van der Waals surface area (Å²) in [5, 5.41) is 0.696. The van der Waals surface area contributed by atoms with Crippen molar-refractivity contribution in [3.63, 3.8) is 0 Å². The van der Waals surface area contributed by atoms with Crippen molar-refractivity contribution in [2.45, 2.75) is 13.8 Å². The van der Waals surface area contributed by atoms with Crippen LogP contribution in [0.1, 0.15) is 16.7 Å². The van der Waals surface area contributed by atoms with Crippen molar-refractivity contribution in [2.75, 3.05) is 7.05 Å². The second kappa shape index (κ2) is 8.10. The Balaban J connectivity index is 1.56. The lowest BCUT2D eigenvalue weighted by molar-refractivity contribution is -0.121. The first kappa shape index (κ1) is 19.2. The summed E-state index contributed by atoms with van der Waals surface area (Å²) in [6, 6.07) is 24.7.